The first-order chi connectivity index (χ1) is 11.7. The second kappa shape index (κ2) is 4.96. The number of hydrogen-bond donors (Lipinski definition) is 1. The molecule has 0 saturated heterocycles. The second-order valence-corrected chi connectivity index (χ2v) is 6.31. The SMILES string of the molecule is N#Cc1cc(F)cc(Oc2ccc3c4c2CC(F)(F)C4(O)CC3F)c1. The zero-order valence-electron chi connectivity index (χ0n) is 12.7. The molecule has 0 aromatic heterocycles. The van der Waals surface area contributed by atoms with Gasteiger partial charge in [0, 0.05) is 30.0 Å². The molecule has 0 radical (unpaired) electrons. The summed E-state index contributed by atoms with van der Waals surface area (Å²) in [6, 6.07) is 7.67. The number of hydrogen-bond acceptors (Lipinski definition) is 3. The van der Waals surface area contributed by atoms with Crippen LogP contribution in [0.4, 0.5) is 17.6 Å². The highest BCUT2D eigenvalue weighted by Crippen LogP contribution is 2.61. The summed E-state index contributed by atoms with van der Waals surface area (Å²) in [5.41, 5.74) is -2.65. The minimum Gasteiger partial charge on any atom is -0.457 e. The molecule has 4 rings (SSSR count). The molecule has 0 spiro atoms. The van der Waals surface area contributed by atoms with Crippen LogP contribution < -0.4 is 4.74 Å². The number of nitriles is 1. The summed E-state index contributed by atoms with van der Waals surface area (Å²) in [7, 11) is 0. The van der Waals surface area contributed by atoms with Crippen LogP contribution in [0.5, 0.6) is 11.5 Å². The molecular formula is C18H11F4NO2. The molecule has 0 amide bonds. The van der Waals surface area contributed by atoms with Gasteiger partial charge in [0.1, 0.15) is 23.5 Å². The van der Waals surface area contributed by atoms with Crippen LogP contribution in [0, 0.1) is 17.1 Å². The Balaban J connectivity index is 1.82. The number of benzene rings is 2. The molecule has 2 atom stereocenters. The normalized spacial score (nSPS) is 25.5. The van der Waals surface area contributed by atoms with E-state index in [9.17, 15) is 22.7 Å². The maximum atomic E-state index is 14.3. The predicted octanol–water partition coefficient (Wildman–Crippen LogP) is 4.28. The average molecular weight is 349 g/mol. The molecule has 2 aromatic rings. The van der Waals surface area contributed by atoms with Crippen LogP contribution in [0.3, 0.4) is 0 Å². The van der Waals surface area contributed by atoms with E-state index in [1.807, 2.05) is 0 Å². The fourth-order valence-electron chi connectivity index (χ4n) is 3.65. The quantitative estimate of drug-likeness (QED) is 0.823. The maximum Gasteiger partial charge on any atom is 0.284 e. The fourth-order valence-corrected chi connectivity index (χ4v) is 3.65. The Bertz CT molecular complexity index is 937. The number of alkyl halides is 3. The molecule has 0 bridgehead atoms. The molecule has 0 aliphatic heterocycles. The van der Waals surface area contributed by atoms with Gasteiger partial charge in [0.2, 0.25) is 0 Å². The minimum absolute atomic E-state index is 0.00733. The summed E-state index contributed by atoms with van der Waals surface area (Å²) in [5, 5.41) is 19.2. The van der Waals surface area contributed by atoms with Crippen molar-refractivity contribution in [3.63, 3.8) is 0 Å². The van der Waals surface area contributed by atoms with E-state index in [4.69, 9.17) is 10.00 Å². The zero-order valence-corrected chi connectivity index (χ0v) is 12.7. The molecule has 2 aliphatic rings. The second-order valence-electron chi connectivity index (χ2n) is 6.31. The lowest BCUT2D eigenvalue weighted by atomic mass is 9.95. The van der Waals surface area contributed by atoms with Gasteiger partial charge in [0.25, 0.3) is 5.92 Å². The largest absolute Gasteiger partial charge is 0.457 e. The number of aliphatic hydroxyl groups is 1. The van der Waals surface area contributed by atoms with Gasteiger partial charge >= 0.3 is 0 Å². The third kappa shape index (κ3) is 2.14. The summed E-state index contributed by atoms with van der Waals surface area (Å²) in [5.74, 6) is -4.29. The molecule has 2 unspecified atom stereocenters. The fraction of sp³-hybridized carbons (Fsp3) is 0.278. The molecule has 2 aliphatic carbocycles. The highest BCUT2D eigenvalue weighted by Gasteiger charge is 2.65. The monoisotopic (exact) mass is 349 g/mol. The Hall–Kier alpha value is -2.59. The topological polar surface area (TPSA) is 53.2 Å². The lowest BCUT2D eigenvalue weighted by molar-refractivity contribution is -0.178. The molecular weight excluding hydrogens is 338 g/mol. The van der Waals surface area contributed by atoms with E-state index in [-0.39, 0.29) is 33.8 Å². The van der Waals surface area contributed by atoms with Crippen molar-refractivity contribution in [3.05, 3.63) is 58.4 Å². The third-order valence-electron chi connectivity index (χ3n) is 4.76. The first kappa shape index (κ1) is 15.9. The molecule has 25 heavy (non-hydrogen) atoms. The van der Waals surface area contributed by atoms with E-state index in [2.05, 4.69) is 0 Å². The van der Waals surface area contributed by atoms with E-state index in [0.29, 0.717) is 0 Å². The molecule has 0 fully saturated rings. The Morgan fingerprint density at radius 3 is 2.72 bits per heavy atom. The lowest BCUT2D eigenvalue weighted by Crippen LogP contribution is -2.40. The molecule has 2 aromatic carbocycles. The van der Waals surface area contributed by atoms with Crippen LogP contribution >= 0.6 is 0 Å². The van der Waals surface area contributed by atoms with Crippen LogP contribution in [0.2, 0.25) is 0 Å². The predicted molar refractivity (Wildman–Crippen MR) is 78.6 cm³/mol. The van der Waals surface area contributed by atoms with Crippen molar-refractivity contribution in [2.75, 3.05) is 0 Å². The van der Waals surface area contributed by atoms with Gasteiger partial charge < -0.3 is 9.84 Å². The molecule has 7 heteroatoms. The minimum atomic E-state index is -3.52. The standard InChI is InChI=1S/C18H11F4NO2/c19-10-3-9(8-23)4-11(5-10)25-15-2-1-12-14(20)7-17(24)16(12)13(15)6-18(17,21)22/h1-5,14,24H,6-7H2. The van der Waals surface area contributed by atoms with Crippen molar-refractivity contribution in [1.82, 2.24) is 0 Å². The Morgan fingerprint density at radius 2 is 2.00 bits per heavy atom. The summed E-state index contributed by atoms with van der Waals surface area (Å²) in [6.07, 6.45) is -3.18. The van der Waals surface area contributed by atoms with Gasteiger partial charge in [0.05, 0.1) is 11.6 Å². The van der Waals surface area contributed by atoms with Crippen molar-refractivity contribution < 1.29 is 27.4 Å². The van der Waals surface area contributed by atoms with Crippen LogP contribution in [0.25, 0.3) is 0 Å². The molecule has 0 heterocycles. The highest BCUT2D eigenvalue weighted by molar-refractivity contribution is 5.58. The Morgan fingerprint density at radius 1 is 1.24 bits per heavy atom. The van der Waals surface area contributed by atoms with Gasteiger partial charge in [-0.3, -0.25) is 0 Å². The summed E-state index contributed by atoms with van der Waals surface area (Å²) >= 11 is 0. The maximum absolute atomic E-state index is 14.3. The summed E-state index contributed by atoms with van der Waals surface area (Å²) in [6.45, 7) is 0. The summed E-state index contributed by atoms with van der Waals surface area (Å²) in [4.78, 5) is 0. The van der Waals surface area contributed by atoms with E-state index in [0.717, 1.165) is 12.1 Å². The van der Waals surface area contributed by atoms with Crippen LogP contribution in [-0.4, -0.2) is 11.0 Å². The Labute approximate surface area is 140 Å². The Kier molecular flexibility index (Phi) is 3.16. The van der Waals surface area contributed by atoms with Crippen molar-refractivity contribution in [2.45, 2.75) is 30.5 Å². The van der Waals surface area contributed by atoms with Gasteiger partial charge in [-0.15, -0.1) is 0 Å². The highest BCUT2D eigenvalue weighted by atomic mass is 19.3. The first-order valence-corrected chi connectivity index (χ1v) is 7.54. The van der Waals surface area contributed by atoms with Gasteiger partial charge in [-0.2, -0.15) is 5.26 Å². The lowest BCUT2D eigenvalue weighted by Gasteiger charge is -2.26. The number of rotatable bonds is 2. The van der Waals surface area contributed by atoms with E-state index in [1.54, 1.807) is 6.07 Å². The van der Waals surface area contributed by atoms with Crippen LogP contribution in [0.15, 0.2) is 30.3 Å². The van der Waals surface area contributed by atoms with E-state index >= 15 is 0 Å². The van der Waals surface area contributed by atoms with Crippen molar-refractivity contribution >= 4 is 0 Å². The first-order valence-electron chi connectivity index (χ1n) is 7.54. The molecule has 0 saturated carbocycles. The number of ether oxygens (including phenoxy) is 1. The van der Waals surface area contributed by atoms with Crippen molar-refractivity contribution in [3.8, 4) is 17.6 Å². The van der Waals surface area contributed by atoms with Crippen LogP contribution in [-0.2, 0) is 12.0 Å². The van der Waals surface area contributed by atoms with Crippen LogP contribution in [0.1, 0.15) is 34.8 Å². The van der Waals surface area contributed by atoms with Gasteiger partial charge in [0.15, 0.2) is 5.60 Å². The van der Waals surface area contributed by atoms with E-state index in [1.165, 1.54) is 18.2 Å². The molecule has 1 N–H and O–H groups in total. The third-order valence-corrected chi connectivity index (χ3v) is 4.76. The number of nitrogens with zero attached hydrogens (tertiary/aromatic N) is 1. The van der Waals surface area contributed by atoms with Crippen molar-refractivity contribution in [1.29, 1.82) is 5.26 Å². The molecule has 3 nitrogen and oxygen atoms in total. The zero-order chi connectivity index (χ0) is 18.0. The van der Waals surface area contributed by atoms with E-state index < -0.39 is 36.4 Å². The van der Waals surface area contributed by atoms with Gasteiger partial charge in [-0.25, -0.2) is 17.6 Å². The number of halogens is 4. The van der Waals surface area contributed by atoms with Gasteiger partial charge in [-0.05, 0) is 23.8 Å². The van der Waals surface area contributed by atoms with Crippen molar-refractivity contribution in [2.24, 2.45) is 0 Å². The summed E-state index contributed by atoms with van der Waals surface area (Å²) < 4.78 is 61.7. The van der Waals surface area contributed by atoms with Gasteiger partial charge in [-0.1, -0.05) is 6.07 Å². The average Bonchev–Trinajstić information content (AvgIpc) is 2.92. The smallest absolute Gasteiger partial charge is 0.284 e. The molecule has 128 valence electrons.